The number of benzene rings is 2. The fourth-order valence-corrected chi connectivity index (χ4v) is 2.13. The first-order chi connectivity index (χ1) is 9.47. The van der Waals surface area contributed by atoms with Crippen molar-refractivity contribution >= 4 is 0 Å². The zero-order valence-corrected chi connectivity index (χ0v) is 12.1. The first kappa shape index (κ1) is 14.5. The summed E-state index contributed by atoms with van der Waals surface area (Å²) in [4.78, 5) is 0. The number of ether oxygens (including phenoxy) is 1. The van der Waals surface area contributed by atoms with E-state index in [0.29, 0.717) is 0 Å². The van der Waals surface area contributed by atoms with Gasteiger partial charge in [-0.2, -0.15) is 0 Å². The van der Waals surface area contributed by atoms with E-state index in [1.165, 1.54) is 12.1 Å². The molecule has 2 aromatic rings. The SMILES string of the molecule is Cc1ccc(C)c(OC(c2cccc(F)c2)C(C)N)c1. The van der Waals surface area contributed by atoms with E-state index in [4.69, 9.17) is 10.5 Å². The molecule has 0 fully saturated rings. The van der Waals surface area contributed by atoms with Gasteiger partial charge in [-0.1, -0.05) is 24.3 Å². The van der Waals surface area contributed by atoms with Crippen molar-refractivity contribution in [1.29, 1.82) is 0 Å². The molecule has 3 heteroatoms. The highest BCUT2D eigenvalue weighted by Gasteiger charge is 2.19. The van der Waals surface area contributed by atoms with Crippen molar-refractivity contribution in [2.24, 2.45) is 5.73 Å². The van der Waals surface area contributed by atoms with Crippen LogP contribution in [0.1, 0.15) is 29.7 Å². The number of nitrogens with two attached hydrogens (primary N) is 1. The highest BCUT2D eigenvalue weighted by molar-refractivity contribution is 5.37. The molecule has 2 unspecified atom stereocenters. The molecule has 0 saturated carbocycles. The van der Waals surface area contributed by atoms with E-state index in [1.54, 1.807) is 6.07 Å². The molecule has 0 aliphatic carbocycles. The van der Waals surface area contributed by atoms with Gasteiger partial charge >= 0.3 is 0 Å². The fourth-order valence-electron chi connectivity index (χ4n) is 2.13. The van der Waals surface area contributed by atoms with E-state index in [-0.39, 0.29) is 18.0 Å². The molecule has 0 amide bonds. The maximum absolute atomic E-state index is 13.4. The van der Waals surface area contributed by atoms with Crippen molar-refractivity contribution in [3.63, 3.8) is 0 Å². The van der Waals surface area contributed by atoms with Gasteiger partial charge in [0.15, 0.2) is 0 Å². The molecule has 0 aliphatic rings. The summed E-state index contributed by atoms with van der Waals surface area (Å²) in [5.41, 5.74) is 8.92. The lowest BCUT2D eigenvalue weighted by Crippen LogP contribution is -2.29. The predicted molar refractivity (Wildman–Crippen MR) is 79.3 cm³/mol. The molecule has 0 aromatic heterocycles. The van der Waals surface area contributed by atoms with E-state index in [9.17, 15) is 4.39 Å². The van der Waals surface area contributed by atoms with Gasteiger partial charge in [0, 0.05) is 6.04 Å². The van der Waals surface area contributed by atoms with Crippen LogP contribution < -0.4 is 10.5 Å². The molecule has 0 spiro atoms. The minimum Gasteiger partial charge on any atom is -0.484 e. The molecular formula is C17H20FNO. The van der Waals surface area contributed by atoms with Crippen LogP contribution in [0.15, 0.2) is 42.5 Å². The Bertz CT molecular complexity index is 595. The Kier molecular flexibility index (Phi) is 4.40. The van der Waals surface area contributed by atoms with Crippen LogP contribution in [0.5, 0.6) is 5.75 Å². The Labute approximate surface area is 119 Å². The van der Waals surface area contributed by atoms with Crippen LogP contribution in [0.2, 0.25) is 0 Å². The molecule has 2 nitrogen and oxygen atoms in total. The van der Waals surface area contributed by atoms with Gasteiger partial charge in [0.1, 0.15) is 17.7 Å². The predicted octanol–water partition coefficient (Wildman–Crippen LogP) is 3.91. The quantitative estimate of drug-likeness (QED) is 0.916. The topological polar surface area (TPSA) is 35.2 Å². The molecule has 0 heterocycles. The third kappa shape index (κ3) is 3.36. The van der Waals surface area contributed by atoms with Gasteiger partial charge in [-0.15, -0.1) is 0 Å². The summed E-state index contributed by atoms with van der Waals surface area (Å²) in [6.07, 6.45) is -0.369. The van der Waals surface area contributed by atoms with Crippen LogP contribution in [-0.4, -0.2) is 6.04 Å². The second kappa shape index (κ2) is 6.06. The third-order valence-corrected chi connectivity index (χ3v) is 3.25. The molecule has 2 atom stereocenters. The number of hydrogen-bond acceptors (Lipinski definition) is 2. The smallest absolute Gasteiger partial charge is 0.139 e. The van der Waals surface area contributed by atoms with E-state index in [2.05, 4.69) is 0 Å². The Morgan fingerprint density at radius 2 is 1.85 bits per heavy atom. The summed E-state index contributed by atoms with van der Waals surface area (Å²) >= 11 is 0. The van der Waals surface area contributed by atoms with Crippen LogP contribution in [-0.2, 0) is 0 Å². The molecule has 0 saturated heterocycles. The molecule has 2 aromatic carbocycles. The Morgan fingerprint density at radius 1 is 1.10 bits per heavy atom. The Hall–Kier alpha value is -1.87. The maximum atomic E-state index is 13.4. The molecule has 2 rings (SSSR count). The molecule has 0 aliphatic heterocycles. The number of aryl methyl sites for hydroxylation is 2. The van der Waals surface area contributed by atoms with Crippen molar-refractivity contribution in [1.82, 2.24) is 0 Å². The number of halogens is 1. The van der Waals surface area contributed by atoms with Gasteiger partial charge in [0.2, 0.25) is 0 Å². The van der Waals surface area contributed by atoms with Gasteiger partial charge in [-0.25, -0.2) is 4.39 Å². The summed E-state index contributed by atoms with van der Waals surface area (Å²) in [6.45, 7) is 5.86. The Balaban J connectivity index is 2.33. The van der Waals surface area contributed by atoms with Crippen LogP contribution in [0.4, 0.5) is 4.39 Å². The Morgan fingerprint density at radius 3 is 2.50 bits per heavy atom. The second-order valence-corrected chi connectivity index (χ2v) is 5.22. The van der Waals surface area contributed by atoms with Gasteiger partial charge in [0.05, 0.1) is 0 Å². The highest BCUT2D eigenvalue weighted by Crippen LogP contribution is 2.28. The fraction of sp³-hybridized carbons (Fsp3) is 0.294. The van der Waals surface area contributed by atoms with E-state index in [0.717, 1.165) is 22.4 Å². The summed E-state index contributed by atoms with van der Waals surface area (Å²) in [7, 11) is 0. The van der Waals surface area contributed by atoms with Crippen molar-refractivity contribution in [3.8, 4) is 5.75 Å². The van der Waals surface area contributed by atoms with E-state index < -0.39 is 0 Å². The molecule has 106 valence electrons. The average molecular weight is 273 g/mol. The highest BCUT2D eigenvalue weighted by atomic mass is 19.1. The minimum absolute atomic E-state index is 0.239. The van der Waals surface area contributed by atoms with Crippen molar-refractivity contribution in [3.05, 3.63) is 65.0 Å². The lowest BCUT2D eigenvalue weighted by atomic mass is 10.0. The van der Waals surface area contributed by atoms with Crippen LogP contribution >= 0.6 is 0 Å². The summed E-state index contributed by atoms with van der Waals surface area (Å²) < 4.78 is 19.4. The maximum Gasteiger partial charge on any atom is 0.139 e. The largest absolute Gasteiger partial charge is 0.484 e. The van der Waals surface area contributed by atoms with Crippen molar-refractivity contribution < 1.29 is 9.13 Å². The first-order valence-corrected chi connectivity index (χ1v) is 6.72. The minimum atomic E-state index is -0.369. The van der Waals surface area contributed by atoms with E-state index in [1.807, 2.05) is 45.0 Å². The van der Waals surface area contributed by atoms with Gasteiger partial charge in [-0.3, -0.25) is 0 Å². The van der Waals surface area contributed by atoms with E-state index >= 15 is 0 Å². The average Bonchev–Trinajstić information content (AvgIpc) is 2.39. The van der Waals surface area contributed by atoms with Crippen molar-refractivity contribution in [2.75, 3.05) is 0 Å². The lowest BCUT2D eigenvalue weighted by molar-refractivity contribution is 0.178. The van der Waals surface area contributed by atoms with Crippen LogP contribution in [0.3, 0.4) is 0 Å². The van der Waals surface area contributed by atoms with Gasteiger partial charge in [0.25, 0.3) is 0 Å². The lowest BCUT2D eigenvalue weighted by Gasteiger charge is -2.24. The summed E-state index contributed by atoms with van der Waals surface area (Å²) in [6, 6.07) is 12.2. The van der Waals surface area contributed by atoms with Crippen LogP contribution in [0.25, 0.3) is 0 Å². The summed E-state index contributed by atoms with van der Waals surface area (Å²) in [5.74, 6) is 0.509. The first-order valence-electron chi connectivity index (χ1n) is 6.72. The zero-order chi connectivity index (χ0) is 14.7. The molecule has 20 heavy (non-hydrogen) atoms. The van der Waals surface area contributed by atoms with Gasteiger partial charge in [-0.05, 0) is 55.7 Å². The third-order valence-electron chi connectivity index (χ3n) is 3.25. The monoisotopic (exact) mass is 273 g/mol. The summed E-state index contributed by atoms with van der Waals surface area (Å²) in [5, 5.41) is 0. The van der Waals surface area contributed by atoms with Crippen molar-refractivity contribution in [2.45, 2.75) is 32.9 Å². The number of hydrogen-bond donors (Lipinski definition) is 1. The molecular weight excluding hydrogens is 253 g/mol. The molecule has 2 N–H and O–H groups in total. The zero-order valence-electron chi connectivity index (χ0n) is 12.1. The number of rotatable bonds is 4. The van der Waals surface area contributed by atoms with Crippen LogP contribution in [0, 0.1) is 19.7 Å². The van der Waals surface area contributed by atoms with Gasteiger partial charge < -0.3 is 10.5 Å². The molecule has 0 radical (unpaired) electrons. The molecule has 0 bridgehead atoms. The standard InChI is InChI=1S/C17H20FNO/c1-11-7-8-12(2)16(9-11)20-17(13(3)19)14-5-4-6-15(18)10-14/h4-10,13,17H,19H2,1-3H3. The second-order valence-electron chi connectivity index (χ2n) is 5.22. The normalized spacial score (nSPS) is 13.8.